The highest BCUT2D eigenvalue weighted by Gasteiger charge is 2.37. The highest BCUT2D eigenvalue weighted by Crippen LogP contribution is 2.53. The number of carbonyl (C=O) groups excluding carboxylic acids is 1. The molecule has 1 nitrogen and oxygen atoms in total. The first-order chi connectivity index (χ1) is 5.35. The highest BCUT2D eigenvalue weighted by atomic mass is 31.1. The summed E-state index contributed by atoms with van der Waals surface area (Å²) in [4.78, 5) is 10.7. The van der Waals surface area contributed by atoms with Gasteiger partial charge in [-0.25, -0.2) is 0 Å². The van der Waals surface area contributed by atoms with Crippen molar-refractivity contribution in [1.82, 2.24) is 0 Å². The first-order valence-corrected chi connectivity index (χ1v) is 5.59. The molecule has 1 aliphatic rings. The average molecular weight is 186 g/mol. The molecule has 0 aliphatic carbocycles. The van der Waals surface area contributed by atoms with Gasteiger partial charge in [-0.15, -0.1) is 8.58 Å². The standard InChI is InChI=1S/C10H19OP/c1-9(2)5-8(7-11)6-10(3,4)12-9/h7-8,12H,5-6H2,1-4H3. The minimum atomic E-state index is 0.302. The fourth-order valence-electron chi connectivity index (χ4n) is 2.50. The van der Waals surface area contributed by atoms with Crippen molar-refractivity contribution >= 4 is 14.9 Å². The molecule has 1 aliphatic heterocycles. The van der Waals surface area contributed by atoms with E-state index in [9.17, 15) is 4.79 Å². The van der Waals surface area contributed by atoms with Gasteiger partial charge in [0.25, 0.3) is 0 Å². The van der Waals surface area contributed by atoms with Crippen LogP contribution in [0.25, 0.3) is 0 Å². The maximum atomic E-state index is 10.7. The summed E-state index contributed by atoms with van der Waals surface area (Å²) < 4.78 is 0. The Morgan fingerprint density at radius 2 is 1.58 bits per heavy atom. The molecule has 0 radical (unpaired) electrons. The summed E-state index contributed by atoms with van der Waals surface area (Å²) in [6.45, 7) is 9.12. The monoisotopic (exact) mass is 186 g/mol. The number of hydrogen-bond donors (Lipinski definition) is 0. The lowest BCUT2D eigenvalue weighted by Crippen LogP contribution is -2.35. The van der Waals surface area contributed by atoms with E-state index in [0.717, 1.165) is 27.7 Å². The summed E-state index contributed by atoms with van der Waals surface area (Å²) in [7, 11) is 0.985. The van der Waals surface area contributed by atoms with Crippen molar-refractivity contribution in [2.75, 3.05) is 0 Å². The minimum Gasteiger partial charge on any atom is -0.303 e. The molecule has 1 fully saturated rings. The Morgan fingerprint density at radius 1 is 1.17 bits per heavy atom. The third kappa shape index (κ3) is 2.55. The Balaban J connectivity index is 2.72. The van der Waals surface area contributed by atoms with Crippen LogP contribution in [0.4, 0.5) is 0 Å². The number of carbonyl (C=O) groups is 1. The van der Waals surface area contributed by atoms with Gasteiger partial charge in [0.05, 0.1) is 0 Å². The van der Waals surface area contributed by atoms with Crippen molar-refractivity contribution in [2.24, 2.45) is 5.92 Å². The minimum absolute atomic E-state index is 0.302. The van der Waals surface area contributed by atoms with Crippen molar-refractivity contribution in [2.45, 2.75) is 50.8 Å². The van der Waals surface area contributed by atoms with Crippen LogP contribution in [0.3, 0.4) is 0 Å². The molecule has 1 rings (SSSR count). The second-order valence-corrected chi connectivity index (χ2v) is 8.15. The van der Waals surface area contributed by atoms with Gasteiger partial charge in [0.2, 0.25) is 0 Å². The smallest absolute Gasteiger partial charge is 0.123 e. The van der Waals surface area contributed by atoms with Crippen molar-refractivity contribution in [3.8, 4) is 0 Å². The molecule has 0 N–H and O–H groups in total. The van der Waals surface area contributed by atoms with Crippen molar-refractivity contribution in [1.29, 1.82) is 0 Å². The molecule has 0 spiro atoms. The number of hydrogen-bond acceptors (Lipinski definition) is 1. The van der Waals surface area contributed by atoms with Crippen molar-refractivity contribution in [3.63, 3.8) is 0 Å². The summed E-state index contributed by atoms with van der Waals surface area (Å²) in [5.74, 6) is 0.302. The first kappa shape index (κ1) is 10.2. The van der Waals surface area contributed by atoms with Gasteiger partial charge in [0.15, 0.2) is 0 Å². The highest BCUT2D eigenvalue weighted by molar-refractivity contribution is 7.41. The normalized spacial score (nSPS) is 34.8. The van der Waals surface area contributed by atoms with Crippen LogP contribution >= 0.6 is 8.58 Å². The van der Waals surface area contributed by atoms with Gasteiger partial charge in [-0.3, -0.25) is 0 Å². The summed E-state index contributed by atoms with van der Waals surface area (Å²) >= 11 is 0. The first-order valence-electron chi connectivity index (χ1n) is 4.59. The third-order valence-electron chi connectivity index (χ3n) is 2.41. The zero-order chi connectivity index (χ0) is 9.41. The van der Waals surface area contributed by atoms with Gasteiger partial charge in [0, 0.05) is 5.92 Å². The van der Waals surface area contributed by atoms with Crippen LogP contribution < -0.4 is 0 Å². The second kappa shape index (κ2) is 3.10. The molecule has 0 unspecified atom stereocenters. The second-order valence-electron chi connectivity index (χ2n) is 5.20. The van der Waals surface area contributed by atoms with E-state index in [-0.39, 0.29) is 0 Å². The van der Waals surface area contributed by atoms with E-state index in [0.29, 0.717) is 16.2 Å². The van der Waals surface area contributed by atoms with E-state index in [1.165, 1.54) is 0 Å². The molecule has 2 heteroatoms. The van der Waals surface area contributed by atoms with E-state index < -0.39 is 0 Å². The fourth-order valence-corrected chi connectivity index (χ4v) is 5.06. The lowest BCUT2D eigenvalue weighted by molar-refractivity contribution is -0.111. The van der Waals surface area contributed by atoms with Crippen LogP contribution in [0.5, 0.6) is 0 Å². The zero-order valence-corrected chi connectivity index (χ0v) is 9.48. The van der Waals surface area contributed by atoms with E-state index >= 15 is 0 Å². The van der Waals surface area contributed by atoms with E-state index in [2.05, 4.69) is 27.7 Å². The van der Waals surface area contributed by atoms with Gasteiger partial charge in [-0.2, -0.15) is 0 Å². The number of aldehydes is 1. The molecular formula is C10H19OP. The van der Waals surface area contributed by atoms with Crippen molar-refractivity contribution in [3.05, 3.63) is 0 Å². The van der Waals surface area contributed by atoms with Crippen molar-refractivity contribution < 1.29 is 4.79 Å². The van der Waals surface area contributed by atoms with Crippen LogP contribution in [0.15, 0.2) is 0 Å². The number of rotatable bonds is 1. The van der Waals surface area contributed by atoms with Crippen LogP contribution in [-0.4, -0.2) is 16.6 Å². The Kier molecular flexibility index (Phi) is 2.63. The van der Waals surface area contributed by atoms with Crippen LogP contribution in [0.2, 0.25) is 0 Å². The molecule has 0 atom stereocenters. The topological polar surface area (TPSA) is 17.1 Å². The molecule has 0 bridgehead atoms. The lowest BCUT2D eigenvalue weighted by atomic mass is 9.88. The van der Waals surface area contributed by atoms with Gasteiger partial charge >= 0.3 is 0 Å². The summed E-state index contributed by atoms with van der Waals surface area (Å²) in [5.41, 5.74) is 0. The molecule has 1 heterocycles. The van der Waals surface area contributed by atoms with Crippen LogP contribution in [0.1, 0.15) is 40.5 Å². The van der Waals surface area contributed by atoms with Gasteiger partial charge < -0.3 is 4.79 Å². The average Bonchev–Trinajstić information content (AvgIpc) is 1.80. The predicted molar refractivity (Wildman–Crippen MR) is 55.3 cm³/mol. The van der Waals surface area contributed by atoms with Gasteiger partial charge in [0.1, 0.15) is 6.29 Å². The molecule has 0 amide bonds. The predicted octanol–water partition coefficient (Wildman–Crippen LogP) is 2.83. The molecule has 12 heavy (non-hydrogen) atoms. The van der Waals surface area contributed by atoms with Crippen LogP contribution in [-0.2, 0) is 4.79 Å². The fraction of sp³-hybridized carbons (Fsp3) is 0.900. The molecule has 0 saturated carbocycles. The molecule has 0 aromatic carbocycles. The Bertz CT molecular complexity index is 168. The summed E-state index contributed by atoms with van der Waals surface area (Å²) in [6.07, 6.45) is 3.31. The van der Waals surface area contributed by atoms with Crippen LogP contribution in [0, 0.1) is 5.92 Å². The van der Waals surface area contributed by atoms with E-state index in [1.807, 2.05) is 0 Å². The third-order valence-corrected chi connectivity index (χ3v) is 4.18. The maximum absolute atomic E-state index is 10.7. The molecule has 1 saturated heterocycles. The Morgan fingerprint density at radius 3 is 1.92 bits per heavy atom. The molecule has 0 aromatic heterocycles. The van der Waals surface area contributed by atoms with E-state index in [4.69, 9.17) is 0 Å². The zero-order valence-electron chi connectivity index (χ0n) is 8.48. The quantitative estimate of drug-likeness (QED) is 0.454. The molecule has 0 aromatic rings. The summed E-state index contributed by atoms with van der Waals surface area (Å²) in [6, 6.07) is 0. The molecular weight excluding hydrogens is 167 g/mol. The van der Waals surface area contributed by atoms with Gasteiger partial charge in [-0.1, -0.05) is 27.7 Å². The SMILES string of the molecule is CC1(C)CC(C=O)CC(C)(C)P1. The molecule has 70 valence electrons. The Hall–Kier alpha value is 0.100. The summed E-state index contributed by atoms with van der Waals surface area (Å²) in [5, 5.41) is 0.765. The van der Waals surface area contributed by atoms with E-state index in [1.54, 1.807) is 0 Å². The maximum Gasteiger partial charge on any atom is 0.123 e. The van der Waals surface area contributed by atoms with Gasteiger partial charge in [-0.05, 0) is 23.2 Å². The largest absolute Gasteiger partial charge is 0.303 e. The lowest BCUT2D eigenvalue weighted by Gasteiger charge is -2.43. The Labute approximate surface area is 77.1 Å².